The largest absolute Gasteiger partial charge is 0.312 e. The third kappa shape index (κ3) is 2.93. The molecule has 0 bridgehead atoms. The molecular weight excluding hydrogens is 213 g/mol. The number of hydrogen-bond donors (Lipinski definition) is 1. The lowest BCUT2D eigenvalue weighted by molar-refractivity contribution is 0.280. The van der Waals surface area contributed by atoms with Gasteiger partial charge in [0, 0.05) is 16.6 Å². The molecule has 1 N–H and O–H groups in total. The van der Waals surface area contributed by atoms with Crippen LogP contribution in [0.3, 0.4) is 0 Å². The van der Waals surface area contributed by atoms with Crippen LogP contribution in [-0.2, 0) is 0 Å². The van der Waals surface area contributed by atoms with E-state index in [-0.39, 0.29) is 17.3 Å². The average molecular weight is 230 g/mol. The van der Waals surface area contributed by atoms with Gasteiger partial charge in [-0.25, -0.2) is 4.39 Å². The number of benzene rings is 1. The number of rotatable bonds is 2. The van der Waals surface area contributed by atoms with Gasteiger partial charge in [-0.05, 0) is 24.6 Å². The average Bonchev–Trinajstić information content (AvgIpc) is 2.07. The summed E-state index contributed by atoms with van der Waals surface area (Å²) in [6.45, 7) is 6.21. The molecule has 0 amide bonds. The molecule has 1 aromatic rings. The molecule has 0 spiro atoms. The van der Waals surface area contributed by atoms with E-state index >= 15 is 0 Å². The summed E-state index contributed by atoms with van der Waals surface area (Å²) >= 11 is 5.72. The summed E-state index contributed by atoms with van der Waals surface area (Å²) in [5.74, 6) is -0.253. The minimum absolute atomic E-state index is 0.0187. The van der Waals surface area contributed by atoms with Crippen LogP contribution in [0.2, 0.25) is 5.02 Å². The van der Waals surface area contributed by atoms with Gasteiger partial charge in [-0.1, -0.05) is 38.4 Å². The Labute approximate surface area is 95.6 Å². The maximum absolute atomic E-state index is 13.7. The first kappa shape index (κ1) is 12.5. The highest BCUT2D eigenvalue weighted by molar-refractivity contribution is 6.30. The monoisotopic (exact) mass is 229 g/mol. The second kappa shape index (κ2) is 4.50. The lowest BCUT2D eigenvalue weighted by atomic mass is 9.82. The van der Waals surface area contributed by atoms with Crippen LogP contribution in [0, 0.1) is 11.2 Å². The smallest absolute Gasteiger partial charge is 0.129 e. The number of halogens is 2. The molecule has 0 saturated carbocycles. The van der Waals surface area contributed by atoms with Gasteiger partial charge >= 0.3 is 0 Å². The molecule has 1 aromatic carbocycles. The van der Waals surface area contributed by atoms with Crippen molar-refractivity contribution < 1.29 is 4.39 Å². The Morgan fingerprint density at radius 2 is 1.93 bits per heavy atom. The van der Waals surface area contributed by atoms with E-state index in [9.17, 15) is 4.39 Å². The lowest BCUT2D eigenvalue weighted by Crippen LogP contribution is -2.30. The van der Waals surface area contributed by atoms with E-state index in [1.807, 2.05) is 7.05 Å². The van der Waals surface area contributed by atoms with Gasteiger partial charge in [0.15, 0.2) is 0 Å². The van der Waals surface area contributed by atoms with E-state index in [0.717, 1.165) is 0 Å². The van der Waals surface area contributed by atoms with E-state index in [1.165, 1.54) is 6.07 Å². The minimum atomic E-state index is -0.253. The highest BCUT2D eigenvalue weighted by atomic mass is 35.5. The minimum Gasteiger partial charge on any atom is -0.312 e. The van der Waals surface area contributed by atoms with Gasteiger partial charge in [0.1, 0.15) is 5.82 Å². The van der Waals surface area contributed by atoms with E-state index in [1.54, 1.807) is 12.1 Å². The van der Waals surface area contributed by atoms with Crippen LogP contribution in [0.4, 0.5) is 4.39 Å². The molecule has 1 atom stereocenters. The first-order valence-electron chi connectivity index (χ1n) is 4.98. The molecule has 0 saturated heterocycles. The summed E-state index contributed by atoms with van der Waals surface area (Å²) in [5.41, 5.74) is 0.623. The second-order valence-electron chi connectivity index (χ2n) is 4.75. The van der Waals surface area contributed by atoms with E-state index < -0.39 is 0 Å². The van der Waals surface area contributed by atoms with Crippen molar-refractivity contribution in [2.24, 2.45) is 5.41 Å². The molecule has 1 nitrogen and oxygen atoms in total. The van der Waals surface area contributed by atoms with Gasteiger partial charge in [0.25, 0.3) is 0 Å². The van der Waals surface area contributed by atoms with Crippen molar-refractivity contribution >= 4 is 11.6 Å². The molecule has 1 rings (SSSR count). The summed E-state index contributed by atoms with van der Waals surface area (Å²) in [6, 6.07) is 4.79. The topological polar surface area (TPSA) is 12.0 Å². The summed E-state index contributed by atoms with van der Waals surface area (Å²) in [4.78, 5) is 0. The third-order valence-corrected chi connectivity index (χ3v) is 2.66. The fourth-order valence-corrected chi connectivity index (χ4v) is 1.95. The zero-order chi connectivity index (χ0) is 11.6. The fraction of sp³-hybridized carbons (Fsp3) is 0.500. The van der Waals surface area contributed by atoms with Gasteiger partial charge in [-0.15, -0.1) is 0 Å². The molecule has 84 valence electrons. The van der Waals surface area contributed by atoms with Crippen LogP contribution in [-0.4, -0.2) is 7.05 Å². The molecule has 0 radical (unpaired) electrons. The molecule has 1 unspecified atom stereocenters. The first-order valence-corrected chi connectivity index (χ1v) is 5.36. The Balaban J connectivity index is 3.13. The third-order valence-electron chi connectivity index (χ3n) is 2.43. The van der Waals surface area contributed by atoms with Crippen molar-refractivity contribution in [2.45, 2.75) is 26.8 Å². The molecule has 0 fully saturated rings. The molecule has 0 heterocycles. The van der Waals surface area contributed by atoms with Gasteiger partial charge in [-0.3, -0.25) is 0 Å². The zero-order valence-corrected chi connectivity index (χ0v) is 10.3. The van der Waals surface area contributed by atoms with Crippen LogP contribution in [0.5, 0.6) is 0 Å². The first-order chi connectivity index (χ1) is 6.86. The summed E-state index contributed by atoms with van der Waals surface area (Å²) in [7, 11) is 1.84. The molecule has 0 aromatic heterocycles. The quantitative estimate of drug-likeness (QED) is 0.814. The molecule has 0 aliphatic heterocycles. The number of nitrogens with one attached hydrogen (secondary N) is 1. The van der Waals surface area contributed by atoms with E-state index in [4.69, 9.17) is 11.6 Å². The predicted octanol–water partition coefficient (Wildman–Crippen LogP) is 3.79. The summed E-state index contributed by atoms with van der Waals surface area (Å²) in [5, 5.41) is 3.57. The summed E-state index contributed by atoms with van der Waals surface area (Å²) in [6.07, 6.45) is 0. The van der Waals surface area contributed by atoms with Crippen molar-refractivity contribution in [3.05, 3.63) is 34.6 Å². The zero-order valence-electron chi connectivity index (χ0n) is 9.57. The van der Waals surface area contributed by atoms with Crippen molar-refractivity contribution in [2.75, 3.05) is 7.05 Å². The molecule has 0 aliphatic rings. The maximum Gasteiger partial charge on any atom is 0.129 e. The summed E-state index contributed by atoms with van der Waals surface area (Å²) < 4.78 is 13.7. The Bertz CT molecular complexity index is 344. The van der Waals surface area contributed by atoms with Crippen molar-refractivity contribution in [1.82, 2.24) is 5.32 Å². The molecular formula is C12H17ClFN. The van der Waals surface area contributed by atoms with E-state index in [2.05, 4.69) is 26.1 Å². The fourth-order valence-electron chi connectivity index (χ4n) is 1.79. The Hall–Kier alpha value is -0.600. The van der Waals surface area contributed by atoms with Gasteiger partial charge in [0.05, 0.1) is 0 Å². The van der Waals surface area contributed by atoms with Gasteiger partial charge in [-0.2, -0.15) is 0 Å². The van der Waals surface area contributed by atoms with Crippen LogP contribution >= 0.6 is 11.6 Å². The number of hydrogen-bond acceptors (Lipinski definition) is 1. The molecule has 3 heteroatoms. The van der Waals surface area contributed by atoms with Crippen molar-refractivity contribution in [3.8, 4) is 0 Å². The standard InChI is InChI=1S/C12H17ClFN/c1-12(2,3)11(15-4)9-6-5-8(13)7-10(9)14/h5-7,11,15H,1-4H3. The van der Waals surface area contributed by atoms with Crippen LogP contribution < -0.4 is 5.32 Å². The van der Waals surface area contributed by atoms with Crippen LogP contribution in [0.15, 0.2) is 18.2 Å². The highest BCUT2D eigenvalue weighted by Gasteiger charge is 2.26. The molecule has 0 aliphatic carbocycles. The second-order valence-corrected chi connectivity index (χ2v) is 5.19. The normalized spacial score (nSPS) is 14.0. The van der Waals surface area contributed by atoms with Gasteiger partial charge in [0.2, 0.25) is 0 Å². The lowest BCUT2D eigenvalue weighted by Gasteiger charge is -2.31. The Morgan fingerprint density at radius 1 is 1.33 bits per heavy atom. The van der Waals surface area contributed by atoms with Crippen molar-refractivity contribution in [3.63, 3.8) is 0 Å². The predicted molar refractivity (Wildman–Crippen MR) is 62.7 cm³/mol. The van der Waals surface area contributed by atoms with Crippen molar-refractivity contribution in [1.29, 1.82) is 0 Å². The van der Waals surface area contributed by atoms with Crippen LogP contribution in [0.1, 0.15) is 32.4 Å². The Kier molecular flexibility index (Phi) is 3.74. The Morgan fingerprint density at radius 3 is 2.33 bits per heavy atom. The maximum atomic E-state index is 13.7. The molecule has 15 heavy (non-hydrogen) atoms. The highest BCUT2D eigenvalue weighted by Crippen LogP contribution is 2.34. The SMILES string of the molecule is CNC(c1ccc(Cl)cc1F)C(C)(C)C. The van der Waals surface area contributed by atoms with Gasteiger partial charge < -0.3 is 5.32 Å². The van der Waals surface area contributed by atoms with E-state index in [0.29, 0.717) is 10.6 Å². The van der Waals surface area contributed by atoms with Crippen LogP contribution in [0.25, 0.3) is 0 Å².